The molecule has 7 heteroatoms. The van der Waals surface area contributed by atoms with Gasteiger partial charge in [0.2, 0.25) is 5.91 Å². The molecule has 1 aromatic heterocycles. The summed E-state index contributed by atoms with van der Waals surface area (Å²) in [5.41, 5.74) is 5.81. The predicted octanol–water partition coefficient (Wildman–Crippen LogP) is 2.54. The Bertz CT molecular complexity index is 641. The lowest BCUT2D eigenvalue weighted by atomic mass is 9.87. The Morgan fingerprint density at radius 3 is 2.74 bits per heavy atom. The van der Waals surface area contributed by atoms with Gasteiger partial charge in [-0.2, -0.15) is 5.26 Å². The molecule has 3 N–H and O–H groups in total. The van der Waals surface area contributed by atoms with Crippen LogP contribution in [0.2, 0.25) is 0 Å². The third kappa shape index (κ3) is 4.02. The van der Waals surface area contributed by atoms with Gasteiger partial charge in [-0.3, -0.25) is 14.5 Å². The molecule has 2 unspecified atom stereocenters. The van der Waals surface area contributed by atoms with E-state index < -0.39 is 11.9 Å². The summed E-state index contributed by atoms with van der Waals surface area (Å²) in [6.07, 6.45) is 4.47. The summed E-state index contributed by atoms with van der Waals surface area (Å²) in [7, 11) is 0. The van der Waals surface area contributed by atoms with Crippen molar-refractivity contribution in [3.05, 3.63) is 16.3 Å². The van der Waals surface area contributed by atoms with E-state index in [2.05, 4.69) is 32.3 Å². The maximum absolute atomic E-state index is 12.5. The number of primary amides is 1. The minimum Gasteiger partial charge on any atom is -0.365 e. The molecule has 1 aromatic rings. The van der Waals surface area contributed by atoms with Gasteiger partial charge in [-0.25, -0.2) is 0 Å². The Kier molecular flexibility index (Phi) is 4.95. The van der Waals surface area contributed by atoms with Crippen LogP contribution >= 0.6 is 11.3 Å². The third-order valence-corrected chi connectivity index (χ3v) is 4.84. The van der Waals surface area contributed by atoms with Gasteiger partial charge in [-0.05, 0) is 36.1 Å². The molecule has 0 radical (unpaired) electrons. The van der Waals surface area contributed by atoms with Gasteiger partial charge in [0.1, 0.15) is 10.9 Å². The Morgan fingerprint density at radius 1 is 1.48 bits per heavy atom. The van der Waals surface area contributed by atoms with Crippen molar-refractivity contribution in [1.29, 1.82) is 5.26 Å². The number of rotatable bonds is 4. The molecule has 0 aromatic carbocycles. The van der Waals surface area contributed by atoms with E-state index in [1.54, 1.807) is 16.3 Å². The number of anilines is 1. The standard InChI is InChI=1S/C16H22N4O2S/c1-16(2,3)8-10-4-5-12(20(10)9-17)15(22)19-11-6-7-23-13(11)14(18)21/h6-7,10,12H,4-5,8H2,1-3H3,(H2,18,21)(H,19,22). The summed E-state index contributed by atoms with van der Waals surface area (Å²) in [5.74, 6) is -0.826. The number of carbonyl (C=O) groups excluding carboxylic acids is 2. The largest absolute Gasteiger partial charge is 0.365 e. The zero-order valence-electron chi connectivity index (χ0n) is 13.6. The van der Waals surface area contributed by atoms with Crippen LogP contribution in [0.3, 0.4) is 0 Å². The van der Waals surface area contributed by atoms with E-state index in [-0.39, 0.29) is 17.4 Å². The molecular weight excluding hydrogens is 312 g/mol. The van der Waals surface area contributed by atoms with Gasteiger partial charge in [0.15, 0.2) is 6.19 Å². The first kappa shape index (κ1) is 17.3. The highest BCUT2D eigenvalue weighted by Gasteiger charge is 2.39. The van der Waals surface area contributed by atoms with Crippen LogP contribution in [0.4, 0.5) is 5.69 Å². The average Bonchev–Trinajstić information content (AvgIpc) is 3.03. The number of thiophene rings is 1. The minimum atomic E-state index is -0.565. The maximum atomic E-state index is 12.5. The number of hydrogen-bond acceptors (Lipinski definition) is 5. The maximum Gasteiger partial charge on any atom is 0.260 e. The fourth-order valence-electron chi connectivity index (χ4n) is 3.01. The van der Waals surface area contributed by atoms with E-state index in [4.69, 9.17) is 5.73 Å². The van der Waals surface area contributed by atoms with Crippen LogP contribution < -0.4 is 11.1 Å². The molecule has 1 saturated heterocycles. The first-order chi connectivity index (χ1) is 10.7. The van der Waals surface area contributed by atoms with Crippen molar-refractivity contribution in [2.45, 2.75) is 52.1 Å². The van der Waals surface area contributed by atoms with Gasteiger partial charge in [-0.1, -0.05) is 20.8 Å². The van der Waals surface area contributed by atoms with E-state index in [9.17, 15) is 14.9 Å². The molecule has 124 valence electrons. The van der Waals surface area contributed by atoms with Crippen LogP contribution in [0, 0.1) is 16.9 Å². The molecule has 0 bridgehead atoms. The monoisotopic (exact) mass is 334 g/mol. The number of amides is 2. The summed E-state index contributed by atoms with van der Waals surface area (Å²) in [6, 6.07) is 1.24. The van der Waals surface area contributed by atoms with Crippen LogP contribution in [0.5, 0.6) is 0 Å². The number of nitrogens with one attached hydrogen (secondary N) is 1. The lowest BCUT2D eigenvalue weighted by Gasteiger charge is -2.29. The van der Waals surface area contributed by atoms with Gasteiger partial charge in [0.05, 0.1) is 5.69 Å². The number of likely N-dealkylation sites (tertiary alicyclic amines) is 1. The molecular formula is C16H22N4O2S. The fourth-order valence-corrected chi connectivity index (χ4v) is 3.72. The molecule has 6 nitrogen and oxygen atoms in total. The van der Waals surface area contributed by atoms with Crippen LogP contribution in [0.15, 0.2) is 11.4 Å². The number of nitrogens with zero attached hydrogens (tertiary/aromatic N) is 2. The highest BCUT2D eigenvalue weighted by atomic mass is 32.1. The SMILES string of the molecule is CC(C)(C)CC1CCC(C(=O)Nc2ccsc2C(N)=O)N1C#N. The molecule has 1 fully saturated rings. The summed E-state index contributed by atoms with van der Waals surface area (Å²) >= 11 is 1.19. The van der Waals surface area contributed by atoms with E-state index >= 15 is 0 Å². The lowest BCUT2D eigenvalue weighted by Crippen LogP contribution is -2.41. The molecule has 0 saturated carbocycles. The predicted molar refractivity (Wildman–Crippen MR) is 89.8 cm³/mol. The third-order valence-electron chi connectivity index (χ3n) is 3.92. The number of nitrogens with two attached hydrogens (primary N) is 1. The Hall–Kier alpha value is -2.07. The Balaban J connectivity index is 2.09. The second-order valence-corrected chi connectivity index (χ2v) is 7.95. The zero-order chi connectivity index (χ0) is 17.2. The Labute approximate surface area is 140 Å². The van der Waals surface area contributed by atoms with Crippen LogP contribution in [-0.2, 0) is 4.79 Å². The minimum absolute atomic E-state index is 0.0776. The Morgan fingerprint density at radius 2 is 2.17 bits per heavy atom. The van der Waals surface area contributed by atoms with E-state index in [1.807, 2.05) is 0 Å². The van der Waals surface area contributed by atoms with Gasteiger partial charge < -0.3 is 11.1 Å². The molecule has 1 aliphatic rings. The van der Waals surface area contributed by atoms with Crippen molar-refractivity contribution in [3.63, 3.8) is 0 Å². The first-order valence-corrected chi connectivity index (χ1v) is 8.47. The summed E-state index contributed by atoms with van der Waals surface area (Å²) < 4.78 is 0. The highest BCUT2D eigenvalue weighted by Crippen LogP contribution is 2.33. The first-order valence-electron chi connectivity index (χ1n) is 7.59. The summed E-state index contributed by atoms with van der Waals surface area (Å²) in [4.78, 5) is 25.8. The molecule has 2 heterocycles. The van der Waals surface area contributed by atoms with Crippen molar-refractivity contribution in [2.24, 2.45) is 11.1 Å². The van der Waals surface area contributed by atoms with Crippen molar-refractivity contribution < 1.29 is 9.59 Å². The van der Waals surface area contributed by atoms with Gasteiger partial charge in [-0.15, -0.1) is 11.3 Å². The zero-order valence-corrected chi connectivity index (χ0v) is 14.4. The second kappa shape index (κ2) is 6.59. The quantitative estimate of drug-likeness (QED) is 0.826. The normalized spacial score (nSPS) is 21.0. The second-order valence-electron chi connectivity index (χ2n) is 7.04. The van der Waals surface area contributed by atoms with Crippen molar-refractivity contribution >= 4 is 28.8 Å². The van der Waals surface area contributed by atoms with Crippen molar-refractivity contribution in [2.75, 3.05) is 5.32 Å². The summed E-state index contributed by atoms with van der Waals surface area (Å²) in [5, 5.41) is 13.9. The fraction of sp³-hybridized carbons (Fsp3) is 0.562. The van der Waals surface area contributed by atoms with Crippen LogP contribution in [0.25, 0.3) is 0 Å². The highest BCUT2D eigenvalue weighted by molar-refractivity contribution is 7.12. The van der Waals surface area contributed by atoms with Crippen molar-refractivity contribution in [3.8, 4) is 6.19 Å². The van der Waals surface area contributed by atoms with Gasteiger partial charge in [0.25, 0.3) is 5.91 Å². The van der Waals surface area contributed by atoms with E-state index in [0.29, 0.717) is 17.0 Å². The smallest absolute Gasteiger partial charge is 0.260 e. The van der Waals surface area contributed by atoms with E-state index in [0.717, 1.165) is 12.8 Å². The van der Waals surface area contributed by atoms with Gasteiger partial charge >= 0.3 is 0 Å². The number of hydrogen-bond donors (Lipinski definition) is 2. The molecule has 0 spiro atoms. The molecule has 1 aliphatic heterocycles. The summed E-state index contributed by atoms with van der Waals surface area (Å²) in [6.45, 7) is 6.38. The van der Waals surface area contributed by atoms with Gasteiger partial charge in [0, 0.05) is 6.04 Å². The molecule has 2 rings (SSSR count). The topological polar surface area (TPSA) is 99.2 Å². The average molecular weight is 334 g/mol. The lowest BCUT2D eigenvalue weighted by molar-refractivity contribution is -0.119. The number of carbonyl (C=O) groups is 2. The number of nitriles is 1. The molecule has 2 atom stereocenters. The van der Waals surface area contributed by atoms with E-state index in [1.165, 1.54) is 11.3 Å². The van der Waals surface area contributed by atoms with Crippen molar-refractivity contribution in [1.82, 2.24) is 4.90 Å². The van der Waals surface area contributed by atoms with Crippen LogP contribution in [-0.4, -0.2) is 28.8 Å². The molecule has 0 aliphatic carbocycles. The molecule has 23 heavy (non-hydrogen) atoms. The molecule has 2 amide bonds. The van der Waals surface area contributed by atoms with Crippen LogP contribution in [0.1, 0.15) is 49.7 Å².